The predicted octanol–water partition coefficient (Wildman–Crippen LogP) is 0.0130. The number of benzene rings is 1. The highest BCUT2D eigenvalue weighted by Crippen LogP contribution is 2.25. The number of carbonyl (C=O) groups excluding carboxylic acids is 1. The van der Waals surface area contributed by atoms with Crippen LogP contribution in [0.5, 0.6) is 0 Å². The van der Waals surface area contributed by atoms with Crippen LogP contribution in [-0.2, 0) is 4.74 Å². The first-order valence-corrected chi connectivity index (χ1v) is 5.25. The number of ether oxygens (including phenoxy) is 1. The van der Waals surface area contributed by atoms with Crippen LogP contribution in [-0.4, -0.2) is 45.3 Å². The average molecular weight is 286 g/mol. The largest absolute Gasteiger partial charge is 0.459 e. The Balaban J connectivity index is 3.02. The van der Waals surface area contributed by atoms with Gasteiger partial charge in [-0.2, -0.15) is 0 Å². The van der Waals surface area contributed by atoms with Gasteiger partial charge in [-0.25, -0.2) is 4.79 Å². The van der Waals surface area contributed by atoms with Crippen molar-refractivity contribution in [3.8, 4) is 0 Å². The number of esters is 1. The topological polar surface area (TPSA) is 153 Å². The van der Waals surface area contributed by atoms with Crippen LogP contribution in [0.25, 0.3) is 0 Å². The summed E-state index contributed by atoms with van der Waals surface area (Å²) in [6.07, 6.45) is -1.31. The minimum Gasteiger partial charge on any atom is -0.459 e. The van der Waals surface area contributed by atoms with Crippen LogP contribution in [0, 0.1) is 20.2 Å². The summed E-state index contributed by atoms with van der Waals surface area (Å²) in [6.45, 7) is -1.20. The monoisotopic (exact) mass is 286 g/mol. The number of hydrogen-bond donors (Lipinski definition) is 2. The number of aliphatic hydroxyl groups excluding tert-OH is 2. The molecule has 0 spiro atoms. The Bertz CT molecular complexity index is 544. The fraction of sp³-hybridized carbons (Fsp3) is 0.300. The van der Waals surface area contributed by atoms with Crippen molar-refractivity contribution in [3.63, 3.8) is 0 Å². The predicted molar refractivity (Wildman–Crippen MR) is 63.1 cm³/mol. The molecule has 1 rings (SSSR count). The molecule has 0 aliphatic rings. The molecule has 0 bridgehead atoms. The molecule has 0 fully saturated rings. The first-order chi connectivity index (χ1) is 9.36. The average Bonchev–Trinajstić information content (AvgIpc) is 2.43. The van der Waals surface area contributed by atoms with Gasteiger partial charge in [0.2, 0.25) is 0 Å². The summed E-state index contributed by atoms with van der Waals surface area (Å²) >= 11 is 0. The fourth-order valence-electron chi connectivity index (χ4n) is 1.26. The molecule has 0 unspecified atom stereocenters. The van der Waals surface area contributed by atoms with Gasteiger partial charge < -0.3 is 14.9 Å². The third-order valence-electron chi connectivity index (χ3n) is 2.23. The van der Waals surface area contributed by atoms with Gasteiger partial charge >= 0.3 is 5.97 Å². The molecule has 0 saturated carbocycles. The van der Waals surface area contributed by atoms with Crippen molar-refractivity contribution in [2.45, 2.75) is 6.10 Å². The molecule has 108 valence electrons. The zero-order valence-electron chi connectivity index (χ0n) is 9.96. The summed E-state index contributed by atoms with van der Waals surface area (Å²) < 4.78 is 4.55. The summed E-state index contributed by atoms with van der Waals surface area (Å²) in [7, 11) is 0. The van der Waals surface area contributed by atoms with Crippen molar-refractivity contribution in [3.05, 3.63) is 44.0 Å². The van der Waals surface area contributed by atoms with Gasteiger partial charge in [-0.15, -0.1) is 0 Å². The van der Waals surface area contributed by atoms with Crippen molar-refractivity contribution in [2.75, 3.05) is 13.2 Å². The Morgan fingerprint density at radius 2 is 1.95 bits per heavy atom. The molecular formula is C10H10N2O8. The van der Waals surface area contributed by atoms with Crippen LogP contribution in [0.2, 0.25) is 0 Å². The molecule has 2 N–H and O–H groups in total. The number of aliphatic hydroxyl groups is 2. The standard InChI is InChI=1S/C10H10N2O8/c13-4-7(14)5-20-10(15)8-2-1-6(11(16)17)3-9(8)12(18)19/h1-3,7,13-14H,4-5H2/t7-/m1/s1. The Morgan fingerprint density at radius 3 is 2.45 bits per heavy atom. The number of non-ortho nitro benzene ring substituents is 1. The van der Waals surface area contributed by atoms with E-state index in [4.69, 9.17) is 10.2 Å². The second-order valence-corrected chi connectivity index (χ2v) is 3.65. The minimum atomic E-state index is -1.31. The maximum Gasteiger partial charge on any atom is 0.345 e. The number of nitro benzene ring substituents is 2. The van der Waals surface area contributed by atoms with Crippen LogP contribution in [0.15, 0.2) is 18.2 Å². The smallest absolute Gasteiger partial charge is 0.345 e. The van der Waals surface area contributed by atoms with E-state index in [1.54, 1.807) is 0 Å². The van der Waals surface area contributed by atoms with Crippen LogP contribution >= 0.6 is 0 Å². The lowest BCUT2D eigenvalue weighted by Gasteiger charge is -2.08. The molecule has 1 aromatic carbocycles. The van der Waals surface area contributed by atoms with Gasteiger partial charge in [0.25, 0.3) is 11.4 Å². The highest BCUT2D eigenvalue weighted by Gasteiger charge is 2.25. The second-order valence-electron chi connectivity index (χ2n) is 3.65. The molecule has 1 atom stereocenters. The van der Waals surface area contributed by atoms with Gasteiger partial charge in [0.1, 0.15) is 18.3 Å². The van der Waals surface area contributed by atoms with Crippen molar-refractivity contribution in [1.29, 1.82) is 0 Å². The third-order valence-corrected chi connectivity index (χ3v) is 2.23. The van der Waals surface area contributed by atoms with E-state index in [1.165, 1.54) is 0 Å². The summed E-state index contributed by atoms with van der Waals surface area (Å²) in [5.41, 5.74) is -1.79. The number of nitrogens with zero attached hydrogens (tertiary/aromatic N) is 2. The lowest BCUT2D eigenvalue weighted by molar-refractivity contribution is -0.394. The number of rotatable bonds is 6. The molecule has 0 radical (unpaired) electrons. The van der Waals surface area contributed by atoms with Crippen molar-refractivity contribution in [1.82, 2.24) is 0 Å². The second kappa shape index (κ2) is 6.54. The Morgan fingerprint density at radius 1 is 1.30 bits per heavy atom. The van der Waals surface area contributed by atoms with E-state index >= 15 is 0 Å². The number of nitro groups is 2. The van der Waals surface area contributed by atoms with E-state index in [1.807, 2.05) is 0 Å². The molecule has 0 saturated heterocycles. The number of carbonyl (C=O) groups is 1. The first kappa shape index (κ1) is 15.5. The first-order valence-electron chi connectivity index (χ1n) is 5.25. The van der Waals surface area contributed by atoms with E-state index < -0.39 is 52.1 Å². The van der Waals surface area contributed by atoms with E-state index in [0.717, 1.165) is 12.1 Å². The molecule has 0 aliphatic heterocycles. The zero-order chi connectivity index (χ0) is 15.3. The highest BCUT2D eigenvalue weighted by atomic mass is 16.6. The summed E-state index contributed by atoms with van der Waals surface area (Å²) in [5, 5.41) is 38.8. The lowest BCUT2D eigenvalue weighted by atomic mass is 10.1. The molecule has 0 amide bonds. The lowest BCUT2D eigenvalue weighted by Crippen LogP contribution is -2.22. The fourth-order valence-corrected chi connectivity index (χ4v) is 1.26. The Labute approximate surface area is 111 Å². The normalized spacial score (nSPS) is 11.7. The summed E-state index contributed by atoms with van der Waals surface area (Å²) in [5.74, 6) is -1.13. The van der Waals surface area contributed by atoms with Crippen LogP contribution < -0.4 is 0 Å². The molecular weight excluding hydrogens is 276 g/mol. The summed E-state index contributed by atoms with van der Waals surface area (Å²) in [6, 6.07) is 2.45. The third kappa shape index (κ3) is 3.70. The van der Waals surface area contributed by atoms with Gasteiger partial charge in [0.05, 0.1) is 22.5 Å². The molecule has 1 aromatic rings. The number of hydrogen-bond acceptors (Lipinski definition) is 8. The molecule has 0 aromatic heterocycles. The molecule has 10 nitrogen and oxygen atoms in total. The SMILES string of the molecule is O=C(OC[C@H](O)CO)c1ccc([N+](=O)[O-])cc1[N+](=O)[O-]. The maximum atomic E-state index is 11.6. The summed E-state index contributed by atoms with van der Waals surface area (Å²) in [4.78, 5) is 31.1. The van der Waals surface area contributed by atoms with Crippen LogP contribution in [0.3, 0.4) is 0 Å². The molecule has 0 aliphatic carbocycles. The van der Waals surface area contributed by atoms with E-state index in [-0.39, 0.29) is 0 Å². The molecule has 0 heterocycles. The van der Waals surface area contributed by atoms with Crippen molar-refractivity contribution >= 4 is 17.3 Å². The van der Waals surface area contributed by atoms with Crippen LogP contribution in [0.1, 0.15) is 10.4 Å². The molecule has 20 heavy (non-hydrogen) atoms. The minimum absolute atomic E-state index is 0.481. The Kier molecular flexibility index (Phi) is 5.06. The quantitative estimate of drug-likeness (QED) is 0.421. The van der Waals surface area contributed by atoms with Gasteiger partial charge in [0.15, 0.2) is 0 Å². The van der Waals surface area contributed by atoms with Crippen molar-refractivity contribution in [2.24, 2.45) is 0 Å². The van der Waals surface area contributed by atoms with E-state index in [2.05, 4.69) is 4.74 Å². The van der Waals surface area contributed by atoms with Crippen molar-refractivity contribution < 1.29 is 29.6 Å². The van der Waals surface area contributed by atoms with Crippen LogP contribution in [0.4, 0.5) is 11.4 Å². The Hall–Kier alpha value is -2.59. The molecule has 10 heteroatoms. The maximum absolute atomic E-state index is 11.6. The van der Waals surface area contributed by atoms with Gasteiger partial charge in [-0.1, -0.05) is 0 Å². The van der Waals surface area contributed by atoms with Gasteiger partial charge in [-0.05, 0) is 6.07 Å². The zero-order valence-corrected chi connectivity index (χ0v) is 9.96. The van der Waals surface area contributed by atoms with E-state index in [9.17, 15) is 25.0 Å². The highest BCUT2D eigenvalue weighted by molar-refractivity contribution is 5.94. The van der Waals surface area contributed by atoms with E-state index in [0.29, 0.717) is 6.07 Å². The van der Waals surface area contributed by atoms with Gasteiger partial charge in [0, 0.05) is 6.07 Å². The van der Waals surface area contributed by atoms with Gasteiger partial charge in [-0.3, -0.25) is 20.2 Å².